The largest absolute Gasteiger partial charge is 0.365 e. The molecule has 0 N–H and O–H groups in total. The number of rotatable bonds is 5. The van der Waals surface area contributed by atoms with Gasteiger partial charge < -0.3 is 4.74 Å². The van der Waals surface area contributed by atoms with E-state index in [0.717, 1.165) is 0 Å². The van der Waals surface area contributed by atoms with Gasteiger partial charge in [0.15, 0.2) is 0 Å². The summed E-state index contributed by atoms with van der Waals surface area (Å²) in [4.78, 5) is 0. The fraction of sp³-hybridized carbons (Fsp3) is 0.778. The van der Waals surface area contributed by atoms with Gasteiger partial charge in [-0.05, 0) is 6.42 Å². The molecule has 1 rings (SSSR count). The van der Waals surface area contributed by atoms with Gasteiger partial charge in [0.2, 0.25) is 0 Å². The highest BCUT2D eigenvalue weighted by molar-refractivity contribution is 4.97. The second kappa shape index (κ2) is 3.77. The summed E-state index contributed by atoms with van der Waals surface area (Å²) >= 11 is 0. The molecule has 10 heavy (non-hydrogen) atoms. The molecule has 0 unspecified atom stereocenters. The van der Waals surface area contributed by atoms with Crippen LogP contribution in [0.5, 0.6) is 0 Å². The van der Waals surface area contributed by atoms with Gasteiger partial charge >= 0.3 is 0 Å². The van der Waals surface area contributed by atoms with Crippen molar-refractivity contribution in [3.8, 4) is 0 Å². The summed E-state index contributed by atoms with van der Waals surface area (Å²) in [7, 11) is 0. The summed E-state index contributed by atoms with van der Waals surface area (Å²) in [5, 5.41) is 0. The van der Waals surface area contributed by atoms with E-state index in [1.54, 1.807) is 0 Å². The van der Waals surface area contributed by atoms with E-state index in [1.807, 2.05) is 6.08 Å². The Bertz CT molecular complexity index is 109. The van der Waals surface area contributed by atoms with Crippen LogP contribution in [-0.4, -0.2) is 12.2 Å². The molecule has 1 aliphatic rings. The van der Waals surface area contributed by atoms with Crippen LogP contribution in [0.15, 0.2) is 12.7 Å². The molecule has 0 aromatic heterocycles. The second-order valence-electron chi connectivity index (χ2n) is 2.87. The van der Waals surface area contributed by atoms with Gasteiger partial charge in [-0.1, -0.05) is 32.3 Å². The molecule has 0 aliphatic carbocycles. The molecule has 0 radical (unpaired) electrons. The van der Waals surface area contributed by atoms with E-state index in [2.05, 4.69) is 13.5 Å². The standard InChI is InChI=1S/C9H16O/c1-3-5-6-7-9-8(4-2)10-9/h4,8-9H,2-3,5-7H2,1H3/t8-,9+/m1/s1. The first-order valence-electron chi connectivity index (χ1n) is 4.16. The molecule has 58 valence electrons. The summed E-state index contributed by atoms with van der Waals surface area (Å²) in [5.41, 5.74) is 0. The first kappa shape index (κ1) is 7.80. The van der Waals surface area contributed by atoms with E-state index in [1.165, 1.54) is 25.7 Å². The molecule has 0 bridgehead atoms. The number of epoxide rings is 1. The van der Waals surface area contributed by atoms with Crippen molar-refractivity contribution in [3.05, 3.63) is 12.7 Å². The van der Waals surface area contributed by atoms with Crippen molar-refractivity contribution in [3.63, 3.8) is 0 Å². The highest BCUT2D eigenvalue weighted by Gasteiger charge is 2.34. The van der Waals surface area contributed by atoms with E-state index < -0.39 is 0 Å². The van der Waals surface area contributed by atoms with E-state index in [4.69, 9.17) is 4.74 Å². The summed E-state index contributed by atoms with van der Waals surface area (Å²) in [6.07, 6.45) is 7.97. The van der Waals surface area contributed by atoms with Crippen molar-refractivity contribution < 1.29 is 4.74 Å². The first-order chi connectivity index (χ1) is 4.88. The maximum Gasteiger partial charge on any atom is 0.102 e. The Morgan fingerprint density at radius 3 is 2.80 bits per heavy atom. The predicted molar refractivity (Wildman–Crippen MR) is 43.0 cm³/mol. The van der Waals surface area contributed by atoms with Gasteiger partial charge in [0.1, 0.15) is 6.10 Å². The van der Waals surface area contributed by atoms with Gasteiger partial charge in [-0.25, -0.2) is 0 Å². The van der Waals surface area contributed by atoms with Crippen LogP contribution in [0.3, 0.4) is 0 Å². The molecule has 0 spiro atoms. The predicted octanol–water partition coefficient (Wildman–Crippen LogP) is 2.52. The highest BCUT2D eigenvalue weighted by atomic mass is 16.6. The second-order valence-corrected chi connectivity index (χ2v) is 2.87. The quantitative estimate of drug-likeness (QED) is 0.325. The van der Waals surface area contributed by atoms with Crippen LogP contribution in [-0.2, 0) is 4.74 Å². The molecule has 1 fully saturated rings. The number of hydrogen-bond acceptors (Lipinski definition) is 1. The van der Waals surface area contributed by atoms with E-state index in [-0.39, 0.29) is 0 Å². The summed E-state index contributed by atoms with van der Waals surface area (Å²) in [6.45, 7) is 5.90. The van der Waals surface area contributed by atoms with Gasteiger partial charge in [-0.15, -0.1) is 6.58 Å². The fourth-order valence-electron chi connectivity index (χ4n) is 1.19. The molecule has 1 aliphatic heterocycles. The minimum atomic E-state index is 0.386. The normalized spacial score (nSPS) is 30.1. The lowest BCUT2D eigenvalue weighted by Crippen LogP contribution is -1.89. The lowest BCUT2D eigenvalue weighted by Gasteiger charge is -1.91. The monoisotopic (exact) mass is 140 g/mol. The van der Waals surface area contributed by atoms with Crippen LogP contribution in [0.4, 0.5) is 0 Å². The van der Waals surface area contributed by atoms with Crippen LogP contribution in [0.25, 0.3) is 0 Å². The Labute approximate surface area is 63.1 Å². The average Bonchev–Trinajstić information content (AvgIpc) is 2.68. The Hall–Kier alpha value is -0.300. The molecule has 0 aromatic carbocycles. The Morgan fingerprint density at radius 1 is 1.50 bits per heavy atom. The number of hydrogen-bond donors (Lipinski definition) is 0. The van der Waals surface area contributed by atoms with Crippen LogP contribution in [0.2, 0.25) is 0 Å². The lowest BCUT2D eigenvalue weighted by molar-refractivity contribution is 0.373. The van der Waals surface area contributed by atoms with Crippen molar-refractivity contribution in [1.29, 1.82) is 0 Å². The van der Waals surface area contributed by atoms with Crippen molar-refractivity contribution in [2.45, 2.75) is 44.8 Å². The molecular formula is C9H16O. The van der Waals surface area contributed by atoms with Gasteiger partial charge in [0.25, 0.3) is 0 Å². The van der Waals surface area contributed by atoms with Gasteiger partial charge in [0, 0.05) is 0 Å². The summed E-state index contributed by atoms with van der Waals surface area (Å²) in [6, 6.07) is 0. The molecule has 2 atom stereocenters. The van der Waals surface area contributed by atoms with Crippen molar-refractivity contribution in [2.75, 3.05) is 0 Å². The minimum Gasteiger partial charge on any atom is -0.365 e. The fourth-order valence-corrected chi connectivity index (χ4v) is 1.19. The van der Waals surface area contributed by atoms with E-state index in [0.29, 0.717) is 12.2 Å². The van der Waals surface area contributed by atoms with Crippen molar-refractivity contribution in [1.82, 2.24) is 0 Å². The number of unbranched alkanes of at least 4 members (excludes halogenated alkanes) is 2. The zero-order valence-corrected chi connectivity index (χ0v) is 6.68. The third-order valence-electron chi connectivity index (χ3n) is 1.95. The third kappa shape index (κ3) is 2.14. The molecule has 1 saturated heterocycles. The molecule has 0 saturated carbocycles. The smallest absolute Gasteiger partial charge is 0.102 e. The summed E-state index contributed by atoms with van der Waals surface area (Å²) in [5.74, 6) is 0. The van der Waals surface area contributed by atoms with Gasteiger partial charge in [-0.3, -0.25) is 0 Å². The molecule has 1 nitrogen and oxygen atoms in total. The average molecular weight is 140 g/mol. The highest BCUT2D eigenvalue weighted by Crippen LogP contribution is 2.27. The lowest BCUT2D eigenvalue weighted by atomic mass is 10.1. The van der Waals surface area contributed by atoms with Crippen LogP contribution in [0.1, 0.15) is 32.6 Å². The van der Waals surface area contributed by atoms with Crippen molar-refractivity contribution in [2.24, 2.45) is 0 Å². The summed E-state index contributed by atoms with van der Waals surface area (Å²) < 4.78 is 5.29. The molecule has 1 heterocycles. The molecule has 0 aromatic rings. The molecule has 1 heteroatoms. The van der Waals surface area contributed by atoms with Crippen LogP contribution >= 0.6 is 0 Å². The number of ether oxygens (including phenoxy) is 1. The third-order valence-corrected chi connectivity index (χ3v) is 1.95. The minimum absolute atomic E-state index is 0.386. The SMILES string of the molecule is C=C[C@H]1O[C@H]1CCCCC. The van der Waals surface area contributed by atoms with Gasteiger partial charge in [-0.2, -0.15) is 0 Å². The van der Waals surface area contributed by atoms with E-state index in [9.17, 15) is 0 Å². The molecular weight excluding hydrogens is 124 g/mol. The topological polar surface area (TPSA) is 12.5 Å². The maximum atomic E-state index is 5.29. The first-order valence-corrected chi connectivity index (χ1v) is 4.16. The Morgan fingerprint density at radius 2 is 2.30 bits per heavy atom. The maximum absolute atomic E-state index is 5.29. The van der Waals surface area contributed by atoms with E-state index >= 15 is 0 Å². The van der Waals surface area contributed by atoms with Gasteiger partial charge in [0.05, 0.1) is 6.10 Å². The Kier molecular flexibility index (Phi) is 2.94. The van der Waals surface area contributed by atoms with Crippen LogP contribution < -0.4 is 0 Å². The molecule has 0 amide bonds. The zero-order valence-electron chi connectivity index (χ0n) is 6.68. The Balaban J connectivity index is 1.91. The van der Waals surface area contributed by atoms with Crippen LogP contribution in [0, 0.1) is 0 Å². The van der Waals surface area contributed by atoms with Crippen molar-refractivity contribution >= 4 is 0 Å². The zero-order chi connectivity index (χ0) is 7.40.